The molecule has 12 heavy (non-hydrogen) atoms. The summed E-state index contributed by atoms with van der Waals surface area (Å²) in [6, 6.07) is 1.42. The Labute approximate surface area is 75.6 Å². The summed E-state index contributed by atoms with van der Waals surface area (Å²) in [7, 11) is -2.16. The van der Waals surface area contributed by atoms with Crippen LogP contribution in [-0.2, 0) is 10.0 Å². The molecule has 0 aliphatic rings. The van der Waals surface area contributed by atoms with Crippen LogP contribution >= 0.6 is 11.6 Å². The third-order valence-electron chi connectivity index (χ3n) is 1.29. The Hall–Kier alpha value is -0.650. The lowest BCUT2D eigenvalue weighted by atomic mass is 10.5. The first-order valence-corrected chi connectivity index (χ1v) is 4.97. The normalized spacial score (nSPS) is 11.5. The fraction of sp³-hybridized carbons (Fsp3) is 0.167. The van der Waals surface area contributed by atoms with E-state index in [4.69, 9.17) is 11.6 Å². The quantitative estimate of drug-likeness (QED) is 0.773. The zero-order valence-corrected chi connectivity index (χ0v) is 7.85. The Bertz CT molecular complexity index is 377. The van der Waals surface area contributed by atoms with Crippen molar-refractivity contribution in [3.63, 3.8) is 0 Å². The number of halogens is 1. The van der Waals surface area contributed by atoms with Gasteiger partial charge in [0.05, 0.1) is 5.02 Å². The third-order valence-corrected chi connectivity index (χ3v) is 3.18. The monoisotopic (exact) mass is 206 g/mol. The fourth-order valence-electron chi connectivity index (χ4n) is 0.671. The molecule has 6 heteroatoms. The lowest BCUT2D eigenvalue weighted by Gasteiger charge is -2.02. The molecule has 4 nitrogen and oxygen atoms in total. The SMILES string of the molecule is CNS(=O)(=O)c1cnccc1Cl. The Morgan fingerprint density at radius 1 is 1.58 bits per heavy atom. The molecule has 0 bridgehead atoms. The predicted molar refractivity (Wildman–Crippen MR) is 45.5 cm³/mol. The van der Waals surface area contributed by atoms with Crippen LogP contribution in [0.4, 0.5) is 0 Å². The molecule has 0 unspecified atom stereocenters. The van der Waals surface area contributed by atoms with E-state index in [9.17, 15) is 8.42 Å². The van der Waals surface area contributed by atoms with Gasteiger partial charge in [0, 0.05) is 12.4 Å². The summed E-state index contributed by atoms with van der Waals surface area (Å²) in [6.45, 7) is 0. The van der Waals surface area contributed by atoms with E-state index in [-0.39, 0.29) is 9.92 Å². The van der Waals surface area contributed by atoms with E-state index < -0.39 is 10.0 Å². The second kappa shape index (κ2) is 3.38. The van der Waals surface area contributed by atoms with Gasteiger partial charge in [-0.3, -0.25) is 4.98 Å². The van der Waals surface area contributed by atoms with Crippen LogP contribution in [0.2, 0.25) is 5.02 Å². The van der Waals surface area contributed by atoms with Gasteiger partial charge in [-0.25, -0.2) is 13.1 Å². The van der Waals surface area contributed by atoms with Gasteiger partial charge >= 0.3 is 0 Å². The Kier molecular flexibility index (Phi) is 2.66. The third kappa shape index (κ3) is 1.74. The van der Waals surface area contributed by atoms with E-state index in [1.54, 1.807) is 0 Å². The highest BCUT2D eigenvalue weighted by atomic mass is 35.5. The number of hydrogen-bond acceptors (Lipinski definition) is 3. The van der Waals surface area contributed by atoms with Gasteiger partial charge in [-0.2, -0.15) is 0 Å². The number of nitrogens with one attached hydrogen (secondary N) is 1. The molecular weight excluding hydrogens is 200 g/mol. The summed E-state index contributed by atoms with van der Waals surface area (Å²) >= 11 is 5.63. The van der Waals surface area contributed by atoms with Gasteiger partial charge in [-0.05, 0) is 13.1 Å². The van der Waals surface area contributed by atoms with Gasteiger partial charge < -0.3 is 0 Å². The van der Waals surface area contributed by atoms with Crippen LogP contribution in [0.25, 0.3) is 0 Å². The summed E-state index contributed by atoms with van der Waals surface area (Å²) in [6.07, 6.45) is 2.63. The summed E-state index contributed by atoms with van der Waals surface area (Å²) < 4.78 is 24.5. The molecule has 0 saturated carbocycles. The number of hydrogen-bond donors (Lipinski definition) is 1. The van der Waals surface area contributed by atoms with Crippen molar-refractivity contribution < 1.29 is 8.42 Å². The van der Waals surface area contributed by atoms with Crippen LogP contribution in [-0.4, -0.2) is 20.4 Å². The molecule has 0 fully saturated rings. The van der Waals surface area contributed by atoms with Gasteiger partial charge in [0.1, 0.15) is 4.90 Å². The van der Waals surface area contributed by atoms with Crippen molar-refractivity contribution in [2.45, 2.75) is 4.90 Å². The van der Waals surface area contributed by atoms with E-state index in [2.05, 4.69) is 9.71 Å². The van der Waals surface area contributed by atoms with Crippen LogP contribution in [0, 0.1) is 0 Å². The lowest BCUT2D eigenvalue weighted by Crippen LogP contribution is -2.19. The van der Waals surface area contributed by atoms with E-state index in [0.717, 1.165) is 0 Å². The van der Waals surface area contributed by atoms with Crippen LogP contribution < -0.4 is 4.72 Å². The molecular formula is C6H7ClN2O2S. The molecule has 1 rings (SSSR count). The molecule has 66 valence electrons. The van der Waals surface area contributed by atoms with E-state index in [1.807, 2.05) is 0 Å². The first kappa shape index (κ1) is 9.44. The first-order valence-electron chi connectivity index (χ1n) is 3.11. The van der Waals surface area contributed by atoms with Crippen molar-refractivity contribution in [2.75, 3.05) is 7.05 Å². The maximum atomic E-state index is 11.2. The highest BCUT2D eigenvalue weighted by Crippen LogP contribution is 2.18. The lowest BCUT2D eigenvalue weighted by molar-refractivity contribution is 0.588. The first-order chi connectivity index (χ1) is 5.58. The Morgan fingerprint density at radius 3 is 2.75 bits per heavy atom. The summed E-state index contributed by atoms with van der Waals surface area (Å²) in [4.78, 5) is 3.65. The number of nitrogens with zero attached hydrogens (tertiary/aromatic N) is 1. The minimum absolute atomic E-state index is 0.00540. The molecule has 0 aromatic carbocycles. The summed E-state index contributed by atoms with van der Waals surface area (Å²) in [5.41, 5.74) is 0. The molecule has 1 N–H and O–H groups in total. The van der Waals surface area contributed by atoms with Gasteiger partial charge in [0.2, 0.25) is 10.0 Å². The smallest absolute Gasteiger partial charge is 0.243 e. The maximum Gasteiger partial charge on any atom is 0.243 e. The van der Waals surface area contributed by atoms with Crippen LogP contribution in [0.1, 0.15) is 0 Å². The Morgan fingerprint density at radius 2 is 2.25 bits per heavy atom. The zero-order chi connectivity index (χ0) is 9.19. The van der Waals surface area contributed by atoms with E-state index in [0.29, 0.717) is 0 Å². The number of rotatable bonds is 2. The minimum atomic E-state index is -3.47. The van der Waals surface area contributed by atoms with Crippen molar-refractivity contribution in [1.29, 1.82) is 0 Å². The molecule has 1 aromatic heterocycles. The van der Waals surface area contributed by atoms with Crippen LogP contribution in [0.15, 0.2) is 23.4 Å². The minimum Gasteiger partial charge on any atom is -0.263 e. The fourth-order valence-corrected chi connectivity index (χ4v) is 1.82. The van der Waals surface area contributed by atoms with Crippen LogP contribution in [0.3, 0.4) is 0 Å². The average Bonchev–Trinajstić information content (AvgIpc) is 2.05. The van der Waals surface area contributed by atoms with Crippen molar-refractivity contribution >= 4 is 21.6 Å². The Balaban J connectivity index is 3.30. The largest absolute Gasteiger partial charge is 0.263 e. The second-order valence-corrected chi connectivity index (χ2v) is 4.28. The van der Waals surface area contributed by atoms with Crippen LogP contribution in [0.5, 0.6) is 0 Å². The van der Waals surface area contributed by atoms with Gasteiger partial charge in [-0.1, -0.05) is 11.6 Å². The molecule has 0 saturated heterocycles. The maximum absolute atomic E-state index is 11.2. The predicted octanol–water partition coefficient (Wildman–Crippen LogP) is 0.643. The number of aromatic nitrogens is 1. The molecule has 1 aromatic rings. The van der Waals surface area contributed by atoms with Gasteiger partial charge in [-0.15, -0.1) is 0 Å². The van der Waals surface area contributed by atoms with Crippen molar-refractivity contribution in [3.8, 4) is 0 Å². The molecule has 0 radical (unpaired) electrons. The number of pyridine rings is 1. The standard InChI is InChI=1S/C6H7ClN2O2S/c1-8-12(10,11)6-4-9-3-2-5(6)7/h2-4,8H,1H3. The van der Waals surface area contributed by atoms with Crippen molar-refractivity contribution in [1.82, 2.24) is 9.71 Å². The van der Waals surface area contributed by atoms with Gasteiger partial charge in [0.15, 0.2) is 0 Å². The molecule has 0 atom stereocenters. The summed E-state index contributed by atoms with van der Waals surface area (Å²) in [5, 5.41) is 0.166. The van der Waals surface area contributed by atoms with Crippen molar-refractivity contribution in [3.05, 3.63) is 23.5 Å². The zero-order valence-electron chi connectivity index (χ0n) is 6.28. The van der Waals surface area contributed by atoms with Gasteiger partial charge in [0.25, 0.3) is 0 Å². The van der Waals surface area contributed by atoms with E-state index in [1.165, 1.54) is 25.5 Å². The molecule has 1 heterocycles. The average molecular weight is 207 g/mol. The summed E-state index contributed by atoms with van der Waals surface area (Å²) in [5.74, 6) is 0. The second-order valence-electron chi connectivity index (χ2n) is 2.01. The molecule has 0 aliphatic heterocycles. The highest BCUT2D eigenvalue weighted by molar-refractivity contribution is 7.89. The molecule has 0 amide bonds. The van der Waals surface area contributed by atoms with E-state index >= 15 is 0 Å². The number of sulfonamides is 1. The topological polar surface area (TPSA) is 59.1 Å². The molecule has 0 aliphatic carbocycles. The molecule has 0 spiro atoms. The van der Waals surface area contributed by atoms with Crippen molar-refractivity contribution in [2.24, 2.45) is 0 Å². The highest BCUT2D eigenvalue weighted by Gasteiger charge is 2.14.